The lowest BCUT2D eigenvalue weighted by Gasteiger charge is -2.37. The Balaban J connectivity index is 0.00000180. The SMILES string of the molecule is CCC1(CCCNc2ncc(Cl)c(-c3cc4c(C(=O)NC5CC5)cccc4s3)n2)CCNCC1.Cl.Cl. The number of rotatable bonds is 9. The maximum Gasteiger partial charge on any atom is 0.252 e. The molecule has 1 aromatic carbocycles. The van der Waals surface area contributed by atoms with E-state index in [9.17, 15) is 4.79 Å². The Morgan fingerprint density at radius 3 is 2.75 bits per heavy atom. The number of thiophene rings is 1. The number of fused-ring (bicyclic) bond motifs is 1. The first-order valence-corrected chi connectivity index (χ1v) is 13.6. The van der Waals surface area contributed by atoms with Gasteiger partial charge in [0.05, 0.1) is 16.1 Å². The van der Waals surface area contributed by atoms with Gasteiger partial charge in [-0.05, 0) is 75.2 Å². The molecule has 0 radical (unpaired) electrons. The maximum atomic E-state index is 12.7. The van der Waals surface area contributed by atoms with Crippen LogP contribution in [-0.4, -0.2) is 41.6 Å². The normalized spacial score (nSPS) is 16.6. The van der Waals surface area contributed by atoms with Crippen LogP contribution < -0.4 is 16.0 Å². The first kappa shape index (κ1) is 28.9. The van der Waals surface area contributed by atoms with E-state index in [4.69, 9.17) is 16.6 Å². The summed E-state index contributed by atoms with van der Waals surface area (Å²) in [4.78, 5) is 22.8. The molecule has 1 saturated heterocycles. The second-order valence-corrected chi connectivity index (χ2v) is 11.1. The lowest BCUT2D eigenvalue weighted by molar-refractivity contribution is 0.0952. The van der Waals surface area contributed by atoms with Crippen LogP contribution in [0.15, 0.2) is 30.5 Å². The summed E-state index contributed by atoms with van der Waals surface area (Å²) >= 11 is 8.11. The van der Waals surface area contributed by atoms with E-state index in [0.717, 1.165) is 53.9 Å². The monoisotopic (exact) mass is 569 g/mol. The highest BCUT2D eigenvalue weighted by Gasteiger charge is 2.29. The molecule has 1 aliphatic heterocycles. The van der Waals surface area contributed by atoms with E-state index in [0.29, 0.717) is 33.7 Å². The van der Waals surface area contributed by atoms with Crippen molar-refractivity contribution < 1.29 is 4.79 Å². The molecule has 36 heavy (non-hydrogen) atoms. The summed E-state index contributed by atoms with van der Waals surface area (Å²) < 4.78 is 1.05. The first-order valence-electron chi connectivity index (χ1n) is 12.4. The van der Waals surface area contributed by atoms with E-state index in [-0.39, 0.29) is 30.7 Å². The van der Waals surface area contributed by atoms with Gasteiger partial charge in [-0.1, -0.05) is 31.0 Å². The molecule has 0 unspecified atom stereocenters. The first-order chi connectivity index (χ1) is 16.6. The van der Waals surface area contributed by atoms with Crippen LogP contribution >= 0.6 is 47.8 Å². The molecule has 6 nitrogen and oxygen atoms in total. The molecule has 3 N–H and O–H groups in total. The van der Waals surface area contributed by atoms with E-state index in [2.05, 4.69) is 27.9 Å². The molecule has 1 amide bonds. The fourth-order valence-corrected chi connectivity index (χ4v) is 6.23. The number of aromatic nitrogens is 2. The van der Waals surface area contributed by atoms with E-state index >= 15 is 0 Å². The number of hydrogen-bond acceptors (Lipinski definition) is 6. The molecule has 10 heteroatoms. The molecule has 1 saturated carbocycles. The molecule has 0 atom stereocenters. The van der Waals surface area contributed by atoms with Gasteiger partial charge in [-0.25, -0.2) is 9.97 Å². The zero-order chi connectivity index (χ0) is 23.5. The van der Waals surface area contributed by atoms with Crippen molar-refractivity contribution in [3.63, 3.8) is 0 Å². The summed E-state index contributed by atoms with van der Waals surface area (Å²) in [5.41, 5.74) is 1.88. The van der Waals surface area contributed by atoms with Crippen molar-refractivity contribution >= 4 is 69.7 Å². The van der Waals surface area contributed by atoms with Gasteiger partial charge in [-0.2, -0.15) is 0 Å². The molecule has 2 aliphatic rings. The molecular weight excluding hydrogens is 537 g/mol. The molecule has 2 fully saturated rings. The van der Waals surface area contributed by atoms with Gasteiger partial charge in [0.1, 0.15) is 5.69 Å². The Kier molecular flexibility index (Phi) is 10.2. The molecule has 3 heterocycles. The minimum atomic E-state index is -0.00723. The second kappa shape index (κ2) is 12.7. The van der Waals surface area contributed by atoms with Crippen LogP contribution in [0.1, 0.15) is 62.2 Å². The zero-order valence-corrected chi connectivity index (χ0v) is 23.6. The Bertz CT molecular complexity index is 1180. The number of carbonyl (C=O) groups is 1. The molecule has 1 aliphatic carbocycles. The summed E-state index contributed by atoms with van der Waals surface area (Å²) in [5.74, 6) is 0.589. The van der Waals surface area contributed by atoms with Crippen molar-refractivity contribution in [2.45, 2.75) is 57.9 Å². The number of benzene rings is 1. The van der Waals surface area contributed by atoms with Gasteiger partial charge >= 0.3 is 0 Å². The van der Waals surface area contributed by atoms with Gasteiger partial charge in [0.2, 0.25) is 5.95 Å². The standard InChI is InChI=1S/C26H32ClN5OS.2ClH/c1-2-26(10-13-28-14-11-26)9-4-12-29-25-30-16-20(27)23(32-25)22-15-19-18(5-3-6-21(19)34-22)24(33)31-17-7-8-17;;/h3,5-6,15-17,28H,2,4,7-14H2,1H3,(H,31,33)(H,29,30,32);2*1H. The third-order valence-electron chi connectivity index (χ3n) is 7.28. The van der Waals surface area contributed by atoms with Crippen LogP contribution in [0.5, 0.6) is 0 Å². The van der Waals surface area contributed by atoms with Crippen LogP contribution in [-0.2, 0) is 0 Å². The smallest absolute Gasteiger partial charge is 0.252 e. The number of carbonyl (C=O) groups excluding carboxylic acids is 1. The summed E-state index contributed by atoms with van der Waals surface area (Å²) in [7, 11) is 0. The molecule has 3 aromatic rings. The summed E-state index contributed by atoms with van der Waals surface area (Å²) in [6.45, 7) is 5.42. The number of halogens is 3. The Morgan fingerprint density at radius 2 is 2.03 bits per heavy atom. The van der Waals surface area contributed by atoms with Crippen LogP contribution in [0.4, 0.5) is 5.95 Å². The lowest BCUT2D eigenvalue weighted by atomic mass is 9.73. The van der Waals surface area contributed by atoms with Crippen molar-refractivity contribution in [2.75, 3.05) is 25.0 Å². The van der Waals surface area contributed by atoms with Gasteiger partial charge in [-0.3, -0.25) is 4.79 Å². The average molecular weight is 571 g/mol. The quantitative estimate of drug-likeness (QED) is 0.249. The third kappa shape index (κ3) is 6.62. The molecule has 0 bridgehead atoms. The number of nitrogens with zero attached hydrogens (tertiary/aromatic N) is 2. The molecule has 196 valence electrons. The predicted octanol–water partition coefficient (Wildman–Crippen LogP) is 6.72. The van der Waals surface area contributed by atoms with Crippen LogP contribution in [0.25, 0.3) is 20.7 Å². The largest absolute Gasteiger partial charge is 0.354 e. The highest BCUT2D eigenvalue weighted by Crippen LogP contribution is 2.38. The fraction of sp³-hybridized carbons (Fsp3) is 0.500. The Labute approximate surface area is 234 Å². The fourth-order valence-electron chi connectivity index (χ4n) is 4.89. The molecular formula is C26H34Cl3N5OS. The van der Waals surface area contributed by atoms with E-state index in [1.54, 1.807) is 17.5 Å². The van der Waals surface area contributed by atoms with Gasteiger partial charge in [0.25, 0.3) is 5.91 Å². The number of piperidine rings is 1. The van der Waals surface area contributed by atoms with Crippen molar-refractivity contribution in [3.8, 4) is 10.6 Å². The minimum absolute atomic E-state index is 0. The van der Waals surface area contributed by atoms with E-state index in [1.807, 2.05) is 24.3 Å². The van der Waals surface area contributed by atoms with Crippen LogP contribution in [0.2, 0.25) is 5.02 Å². The van der Waals surface area contributed by atoms with Crippen molar-refractivity contribution in [2.24, 2.45) is 5.41 Å². The summed E-state index contributed by atoms with van der Waals surface area (Å²) in [6, 6.07) is 8.21. The summed E-state index contributed by atoms with van der Waals surface area (Å²) in [5, 5.41) is 11.4. The molecule has 2 aromatic heterocycles. The van der Waals surface area contributed by atoms with Crippen molar-refractivity contribution in [3.05, 3.63) is 41.0 Å². The predicted molar refractivity (Wildman–Crippen MR) is 155 cm³/mol. The highest BCUT2D eigenvalue weighted by atomic mass is 35.5. The summed E-state index contributed by atoms with van der Waals surface area (Å²) in [6.07, 6.45) is 9.88. The Hall–Kier alpha value is -1.64. The third-order valence-corrected chi connectivity index (χ3v) is 8.66. The van der Waals surface area contributed by atoms with Gasteiger partial charge in [0.15, 0.2) is 0 Å². The number of anilines is 1. The van der Waals surface area contributed by atoms with E-state index in [1.165, 1.54) is 25.7 Å². The van der Waals surface area contributed by atoms with E-state index < -0.39 is 0 Å². The van der Waals surface area contributed by atoms with Crippen LogP contribution in [0.3, 0.4) is 0 Å². The minimum Gasteiger partial charge on any atom is -0.354 e. The van der Waals surface area contributed by atoms with Gasteiger partial charge in [0, 0.05) is 28.2 Å². The average Bonchev–Trinajstić information content (AvgIpc) is 3.57. The highest BCUT2D eigenvalue weighted by molar-refractivity contribution is 7.22. The second-order valence-electron chi connectivity index (χ2n) is 9.60. The number of nitrogens with one attached hydrogen (secondary N) is 3. The Morgan fingerprint density at radius 1 is 1.25 bits per heavy atom. The van der Waals surface area contributed by atoms with Crippen molar-refractivity contribution in [1.29, 1.82) is 0 Å². The van der Waals surface area contributed by atoms with Crippen molar-refractivity contribution in [1.82, 2.24) is 20.6 Å². The van der Waals surface area contributed by atoms with Gasteiger partial charge < -0.3 is 16.0 Å². The number of hydrogen-bond donors (Lipinski definition) is 3. The maximum absolute atomic E-state index is 12.7. The topological polar surface area (TPSA) is 78.9 Å². The molecule has 0 spiro atoms. The zero-order valence-electron chi connectivity index (χ0n) is 20.4. The molecule has 5 rings (SSSR count). The lowest BCUT2D eigenvalue weighted by Crippen LogP contribution is -2.36. The van der Waals surface area contributed by atoms with Gasteiger partial charge in [-0.15, -0.1) is 36.2 Å². The number of amides is 1. The van der Waals surface area contributed by atoms with Crippen LogP contribution in [0, 0.1) is 5.41 Å².